The Morgan fingerprint density at radius 3 is 2.53 bits per heavy atom. The van der Waals surface area contributed by atoms with Crippen molar-refractivity contribution in [1.82, 2.24) is 4.90 Å². The van der Waals surface area contributed by atoms with Crippen molar-refractivity contribution >= 4 is 19.9 Å². The zero-order chi connectivity index (χ0) is 22.9. The van der Waals surface area contributed by atoms with Crippen molar-refractivity contribution in [3.63, 3.8) is 0 Å². The molecule has 9 heteroatoms. The maximum atomic E-state index is 13.4. The van der Waals surface area contributed by atoms with Gasteiger partial charge in [0.25, 0.3) is 11.6 Å². The number of carbonyl (C=O) groups excluding carboxylic acids is 1. The number of aromatic hydroxyl groups is 1. The van der Waals surface area contributed by atoms with Crippen LogP contribution in [0, 0.1) is 10.1 Å². The number of nitrogens with zero attached hydrogens (tertiary/aromatic N) is 2. The van der Waals surface area contributed by atoms with Gasteiger partial charge in [0.05, 0.1) is 30.7 Å². The number of amides is 1. The molecular weight excluding hydrogens is 404 g/mol. The third-order valence-corrected chi connectivity index (χ3v) is 10.6. The van der Waals surface area contributed by atoms with Gasteiger partial charge in [-0.3, -0.25) is 14.9 Å². The van der Waals surface area contributed by atoms with E-state index in [2.05, 4.69) is 33.9 Å². The second kappa shape index (κ2) is 8.77. The van der Waals surface area contributed by atoms with E-state index in [1.54, 1.807) is 4.90 Å². The first-order chi connectivity index (χ1) is 13.8. The number of nitro benzene ring substituents is 1. The van der Waals surface area contributed by atoms with Gasteiger partial charge < -0.3 is 19.2 Å². The van der Waals surface area contributed by atoms with Crippen molar-refractivity contribution in [2.24, 2.45) is 0 Å². The van der Waals surface area contributed by atoms with Crippen molar-refractivity contribution < 1.29 is 24.0 Å². The number of benzene rings is 1. The fourth-order valence-electron chi connectivity index (χ4n) is 3.14. The first-order valence-electron chi connectivity index (χ1n) is 9.96. The normalized spacial score (nSPS) is 18.7. The van der Waals surface area contributed by atoms with Gasteiger partial charge in [-0.2, -0.15) is 0 Å². The molecule has 166 valence electrons. The lowest BCUT2D eigenvalue weighted by atomic mass is 10.1. The summed E-state index contributed by atoms with van der Waals surface area (Å²) in [4.78, 5) is 25.8. The third kappa shape index (κ3) is 4.84. The van der Waals surface area contributed by atoms with Crippen LogP contribution in [0.1, 0.15) is 44.5 Å². The Morgan fingerprint density at radius 2 is 2.03 bits per heavy atom. The maximum absolute atomic E-state index is 13.4. The first kappa shape index (κ1) is 23.9. The SMILES string of the molecule is C/C=C1\C[C@@H](CO[Si](C)(C)C(C)(C)C)N(C(=O)c2cc(OC)c(O)cc2[N+](=O)[O-])C1. The van der Waals surface area contributed by atoms with Crippen LogP contribution in [0.2, 0.25) is 18.1 Å². The van der Waals surface area contributed by atoms with Crippen LogP contribution < -0.4 is 4.74 Å². The molecule has 1 N–H and O–H groups in total. The molecule has 0 spiro atoms. The quantitative estimate of drug-likeness (QED) is 0.305. The summed E-state index contributed by atoms with van der Waals surface area (Å²) in [6, 6.07) is 1.98. The summed E-state index contributed by atoms with van der Waals surface area (Å²) >= 11 is 0. The number of nitro groups is 1. The van der Waals surface area contributed by atoms with Gasteiger partial charge in [0.15, 0.2) is 19.8 Å². The van der Waals surface area contributed by atoms with Crippen molar-refractivity contribution in [2.45, 2.75) is 58.3 Å². The Labute approximate surface area is 178 Å². The average Bonchev–Trinajstić information content (AvgIpc) is 3.08. The lowest BCUT2D eigenvalue weighted by Crippen LogP contribution is -2.46. The molecule has 1 fully saturated rings. The summed E-state index contributed by atoms with van der Waals surface area (Å²) in [5.41, 5.74) is 0.529. The minimum absolute atomic E-state index is 0.0171. The molecule has 0 unspecified atom stereocenters. The van der Waals surface area contributed by atoms with Crippen LogP contribution in [0.5, 0.6) is 11.5 Å². The van der Waals surface area contributed by atoms with Crippen LogP contribution in [-0.4, -0.2) is 55.5 Å². The van der Waals surface area contributed by atoms with E-state index in [0.717, 1.165) is 11.6 Å². The molecule has 2 rings (SSSR count). The summed E-state index contributed by atoms with van der Waals surface area (Å²) in [5, 5.41) is 21.5. The Hall–Kier alpha value is -2.39. The third-order valence-electron chi connectivity index (χ3n) is 6.15. The molecule has 0 aromatic heterocycles. The second-order valence-electron chi connectivity index (χ2n) is 9.11. The van der Waals surface area contributed by atoms with Crippen LogP contribution in [0.15, 0.2) is 23.8 Å². The highest BCUT2D eigenvalue weighted by atomic mass is 28.4. The molecular formula is C21H32N2O6Si. The molecule has 0 saturated carbocycles. The number of phenolic OH excluding ortho intramolecular Hbond substituents is 1. The molecule has 1 aliphatic rings. The summed E-state index contributed by atoms with van der Waals surface area (Å²) < 4.78 is 11.4. The van der Waals surface area contributed by atoms with Crippen LogP contribution >= 0.6 is 0 Å². The Balaban J connectivity index is 2.38. The molecule has 1 aliphatic heterocycles. The summed E-state index contributed by atoms with van der Waals surface area (Å²) in [5.74, 6) is -0.835. The number of carbonyl (C=O) groups is 1. The predicted molar refractivity (Wildman–Crippen MR) is 118 cm³/mol. The molecule has 1 amide bonds. The molecule has 1 aromatic rings. The molecule has 8 nitrogen and oxygen atoms in total. The van der Waals surface area contributed by atoms with E-state index in [1.807, 2.05) is 13.0 Å². The van der Waals surface area contributed by atoms with Gasteiger partial charge in [-0.25, -0.2) is 0 Å². The number of hydrogen-bond acceptors (Lipinski definition) is 6. The molecule has 30 heavy (non-hydrogen) atoms. The van der Waals surface area contributed by atoms with Gasteiger partial charge in [0.2, 0.25) is 0 Å². The molecule has 1 atom stereocenters. The first-order valence-corrected chi connectivity index (χ1v) is 12.9. The van der Waals surface area contributed by atoms with Gasteiger partial charge >= 0.3 is 0 Å². The average molecular weight is 437 g/mol. The summed E-state index contributed by atoms with van der Waals surface area (Å²) in [6.07, 6.45) is 2.64. The van der Waals surface area contributed by atoms with Crippen molar-refractivity contribution in [3.8, 4) is 11.5 Å². The van der Waals surface area contributed by atoms with E-state index >= 15 is 0 Å². The molecule has 1 saturated heterocycles. The van der Waals surface area contributed by atoms with Crippen LogP contribution in [0.25, 0.3) is 0 Å². The lowest BCUT2D eigenvalue weighted by molar-refractivity contribution is -0.385. The smallest absolute Gasteiger partial charge is 0.286 e. The fourth-order valence-corrected chi connectivity index (χ4v) is 4.18. The maximum Gasteiger partial charge on any atom is 0.286 e. The lowest BCUT2D eigenvalue weighted by Gasteiger charge is -2.38. The topological polar surface area (TPSA) is 102 Å². The van der Waals surface area contributed by atoms with E-state index < -0.39 is 24.8 Å². The number of methoxy groups -OCH3 is 1. The number of likely N-dealkylation sites (tertiary alicyclic amines) is 1. The van der Waals surface area contributed by atoms with Crippen LogP contribution in [0.4, 0.5) is 5.69 Å². The molecule has 1 heterocycles. The van der Waals surface area contributed by atoms with Crippen LogP contribution in [-0.2, 0) is 4.43 Å². The van der Waals surface area contributed by atoms with Crippen molar-refractivity contribution in [1.29, 1.82) is 0 Å². The highest BCUT2D eigenvalue weighted by Crippen LogP contribution is 2.38. The molecule has 1 aromatic carbocycles. The van der Waals surface area contributed by atoms with E-state index in [0.29, 0.717) is 19.6 Å². The summed E-state index contributed by atoms with van der Waals surface area (Å²) in [7, 11) is -0.686. The monoisotopic (exact) mass is 436 g/mol. The fraction of sp³-hybridized carbons (Fsp3) is 0.571. The zero-order valence-electron chi connectivity index (χ0n) is 18.8. The predicted octanol–water partition coefficient (Wildman–Crippen LogP) is 4.49. The van der Waals surface area contributed by atoms with Gasteiger partial charge in [0.1, 0.15) is 5.56 Å². The number of rotatable bonds is 6. The largest absolute Gasteiger partial charge is 0.504 e. The summed E-state index contributed by atoms with van der Waals surface area (Å²) in [6.45, 7) is 13.5. The Morgan fingerprint density at radius 1 is 1.40 bits per heavy atom. The minimum Gasteiger partial charge on any atom is -0.504 e. The number of allylic oxidation sites excluding steroid dienone is 1. The highest BCUT2D eigenvalue weighted by molar-refractivity contribution is 6.74. The van der Waals surface area contributed by atoms with Gasteiger partial charge in [0, 0.05) is 12.6 Å². The van der Waals surface area contributed by atoms with Crippen LogP contribution in [0.3, 0.4) is 0 Å². The Kier molecular flexibility index (Phi) is 6.98. The van der Waals surface area contributed by atoms with Crippen molar-refractivity contribution in [3.05, 3.63) is 39.5 Å². The van der Waals surface area contributed by atoms with E-state index in [-0.39, 0.29) is 28.1 Å². The number of ether oxygens (including phenoxy) is 1. The number of hydrogen-bond donors (Lipinski definition) is 1. The minimum atomic E-state index is -2.02. The molecule has 0 radical (unpaired) electrons. The van der Waals surface area contributed by atoms with Gasteiger partial charge in [-0.05, 0) is 31.5 Å². The highest BCUT2D eigenvalue weighted by Gasteiger charge is 2.40. The molecule has 0 aliphatic carbocycles. The van der Waals surface area contributed by atoms with Crippen molar-refractivity contribution in [2.75, 3.05) is 20.3 Å². The van der Waals surface area contributed by atoms with Gasteiger partial charge in [-0.15, -0.1) is 0 Å². The van der Waals surface area contributed by atoms with E-state index in [1.165, 1.54) is 13.2 Å². The van der Waals surface area contributed by atoms with E-state index in [4.69, 9.17) is 9.16 Å². The van der Waals surface area contributed by atoms with E-state index in [9.17, 15) is 20.0 Å². The zero-order valence-corrected chi connectivity index (χ0v) is 19.8. The standard InChI is InChI=1S/C21H32N2O6Si/c1-8-14-9-15(13-29-30(6,7)21(2,3)4)22(12-14)20(25)16-10-19(28-5)18(24)11-17(16)23(26)27/h8,10-11,15,24H,9,12-13H2,1-7H3/b14-8+/t15-/m0/s1. The Bertz CT molecular complexity index is 860. The van der Waals surface area contributed by atoms with Gasteiger partial charge in [-0.1, -0.05) is 32.4 Å². The molecule has 0 bridgehead atoms. The number of phenols is 1. The second-order valence-corrected chi connectivity index (χ2v) is 13.9.